The average molecular weight is 878 g/mol. The molecule has 1 aliphatic rings. The lowest BCUT2D eigenvalue weighted by atomic mass is 9.80. The third-order valence-electron chi connectivity index (χ3n) is 12.1. The van der Waals surface area contributed by atoms with Crippen molar-refractivity contribution in [1.82, 2.24) is 19.5 Å². The molecule has 0 aliphatic carbocycles. The van der Waals surface area contributed by atoms with E-state index in [-0.39, 0.29) is 40.6 Å². The standard InChI is InChI=1S/C51H55N5O7Si/c1-34(2)47(57)54-49-53-46-45(48(58)55-49)52-33-56(46)44-31-42(63-64(50(3,4)5,40-19-13-9-14-20-40)41-21-15-10-16-22-41)43(62-44)32-61-51(35-17-11-8-12-18-35,36-23-27-38(59-6)28-24-36)37-25-29-39(60-7)30-26-37/h8-30,33-34,42-44H,31-32H2,1-7H3,(H2,53,54,55,57,58)/t42-,43+,44+/m0/s1. The number of anilines is 1. The number of imidazole rings is 1. The molecule has 8 rings (SSSR count). The van der Waals surface area contributed by atoms with Crippen LogP contribution in [0, 0.1) is 5.92 Å². The summed E-state index contributed by atoms with van der Waals surface area (Å²) in [6.07, 6.45) is 0.0764. The highest BCUT2D eigenvalue weighted by Crippen LogP contribution is 2.45. The van der Waals surface area contributed by atoms with Crippen LogP contribution < -0.4 is 30.7 Å². The number of nitrogens with one attached hydrogen (secondary N) is 2. The number of carbonyl (C=O) groups is 1. The van der Waals surface area contributed by atoms with Gasteiger partial charge in [0.2, 0.25) is 11.9 Å². The van der Waals surface area contributed by atoms with Crippen molar-refractivity contribution in [3.63, 3.8) is 0 Å². The number of methoxy groups -OCH3 is 2. The van der Waals surface area contributed by atoms with Crippen LogP contribution in [0.2, 0.25) is 5.04 Å². The number of hydrogen-bond donors (Lipinski definition) is 2. The number of carbonyl (C=O) groups excluding carboxylic acids is 1. The molecule has 64 heavy (non-hydrogen) atoms. The summed E-state index contributed by atoms with van der Waals surface area (Å²) in [5.41, 5.74) is 1.44. The highest BCUT2D eigenvalue weighted by atomic mass is 28.4. The van der Waals surface area contributed by atoms with Gasteiger partial charge in [0.1, 0.15) is 29.4 Å². The number of aromatic amines is 1. The summed E-state index contributed by atoms with van der Waals surface area (Å²) < 4.78 is 35.5. The predicted molar refractivity (Wildman–Crippen MR) is 251 cm³/mol. The highest BCUT2D eigenvalue weighted by Gasteiger charge is 2.54. The summed E-state index contributed by atoms with van der Waals surface area (Å²) in [4.78, 5) is 38.0. The highest BCUT2D eigenvalue weighted by molar-refractivity contribution is 6.99. The number of hydrogen-bond acceptors (Lipinski definition) is 9. The Bertz CT molecular complexity index is 2630. The van der Waals surface area contributed by atoms with E-state index in [2.05, 4.69) is 96.7 Å². The summed E-state index contributed by atoms with van der Waals surface area (Å²) >= 11 is 0. The minimum atomic E-state index is -3.17. The molecule has 0 radical (unpaired) electrons. The van der Waals surface area contributed by atoms with Crippen molar-refractivity contribution in [2.24, 2.45) is 5.92 Å². The lowest BCUT2D eigenvalue weighted by Gasteiger charge is -2.45. The van der Waals surface area contributed by atoms with Gasteiger partial charge in [-0.25, -0.2) is 4.98 Å². The van der Waals surface area contributed by atoms with Crippen molar-refractivity contribution >= 4 is 41.7 Å². The first kappa shape index (κ1) is 44.2. The van der Waals surface area contributed by atoms with E-state index < -0.39 is 37.9 Å². The molecule has 0 saturated carbocycles. The monoisotopic (exact) mass is 877 g/mol. The van der Waals surface area contributed by atoms with Gasteiger partial charge in [-0.1, -0.05) is 150 Å². The third kappa shape index (κ3) is 8.39. The Kier molecular flexibility index (Phi) is 12.7. The van der Waals surface area contributed by atoms with Gasteiger partial charge in [0.25, 0.3) is 13.9 Å². The van der Waals surface area contributed by atoms with Gasteiger partial charge in [0.05, 0.1) is 33.3 Å². The molecule has 0 bridgehead atoms. The summed E-state index contributed by atoms with van der Waals surface area (Å²) in [5.74, 6) is 0.851. The summed E-state index contributed by atoms with van der Waals surface area (Å²) in [6.45, 7) is 10.4. The van der Waals surface area contributed by atoms with Crippen LogP contribution in [0.3, 0.4) is 0 Å². The molecule has 7 aromatic rings. The molecule has 12 nitrogen and oxygen atoms in total. The number of nitrogens with zero attached hydrogens (tertiary/aromatic N) is 3. The van der Waals surface area contributed by atoms with Crippen LogP contribution in [0.15, 0.2) is 151 Å². The zero-order chi connectivity index (χ0) is 45.1. The Labute approximate surface area is 374 Å². The van der Waals surface area contributed by atoms with Crippen molar-refractivity contribution in [3.05, 3.63) is 173 Å². The van der Waals surface area contributed by atoms with Crippen LogP contribution in [0.5, 0.6) is 11.5 Å². The molecule has 1 aliphatic heterocycles. The van der Waals surface area contributed by atoms with Crippen molar-refractivity contribution in [2.75, 3.05) is 26.1 Å². The van der Waals surface area contributed by atoms with Crippen molar-refractivity contribution in [1.29, 1.82) is 0 Å². The van der Waals surface area contributed by atoms with Gasteiger partial charge in [-0.2, -0.15) is 4.98 Å². The largest absolute Gasteiger partial charge is 0.497 e. The topological polar surface area (TPSA) is 139 Å². The van der Waals surface area contributed by atoms with Gasteiger partial charge in [-0.15, -0.1) is 0 Å². The molecule has 2 N–H and O–H groups in total. The summed E-state index contributed by atoms with van der Waals surface area (Å²) in [7, 11) is 0.134. The fourth-order valence-electron chi connectivity index (χ4n) is 8.80. The summed E-state index contributed by atoms with van der Waals surface area (Å²) in [6, 6.07) is 47.0. The first-order valence-corrected chi connectivity index (χ1v) is 23.5. The second-order valence-corrected chi connectivity index (χ2v) is 21.6. The second kappa shape index (κ2) is 18.4. The van der Waals surface area contributed by atoms with E-state index in [0.29, 0.717) is 17.9 Å². The van der Waals surface area contributed by atoms with E-state index in [1.807, 2.05) is 78.9 Å². The number of H-pyrrole nitrogens is 1. The molecular weight excluding hydrogens is 823 g/mol. The number of benzene rings is 5. The van der Waals surface area contributed by atoms with Gasteiger partial charge in [-0.3, -0.25) is 24.5 Å². The lowest BCUT2D eigenvalue weighted by Crippen LogP contribution is -2.68. The minimum absolute atomic E-state index is 0.0302. The molecule has 330 valence electrons. The Hall–Kier alpha value is -6.38. The van der Waals surface area contributed by atoms with Crippen molar-refractivity contribution < 1.29 is 28.2 Å². The molecular formula is C51H55N5O7Si. The molecule has 1 saturated heterocycles. The van der Waals surface area contributed by atoms with Crippen molar-refractivity contribution in [3.8, 4) is 11.5 Å². The zero-order valence-corrected chi connectivity index (χ0v) is 38.3. The first-order valence-electron chi connectivity index (χ1n) is 21.6. The van der Waals surface area contributed by atoms with E-state index in [1.54, 1.807) is 39.0 Å². The van der Waals surface area contributed by atoms with Crippen LogP contribution >= 0.6 is 0 Å². The van der Waals surface area contributed by atoms with E-state index in [1.165, 1.54) is 0 Å². The predicted octanol–water partition coefficient (Wildman–Crippen LogP) is 7.97. The van der Waals surface area contributed by atoms with Crippen LogP contribution in [0.25, 0.3) is 11.2 Å². The molecule has 1 fully saturated rings. The second-order valence-electron chi connectivity index (χ2n) is 17.4. The Morgan fingerprint density at radius 3 is 1.81 bits per heavy atom. The number of aromatic nitrogens is 4. The van der Waals surface area contributed by atoms with E-state index in [0.717, 1.165) is 27.1 Å². The number of fused-ring (bicyclic) bond motifs is 1. The fraction of sp³-hybridized carbons (Fsp3) is 0.294. The first-order chi connectivity index (χ1) is 30.9. The van der Waals surface area contributed by atoms with E-state index in [9.17, 15) is 9.59 Å². The normalized spacial score (nSPS) is 16.8. The number of rotatable bonds is 15. The molecule has 2 aromatic heterocycles. The van der Waals surface area contributed by atoms with Crippen LogP contribution in [-0.2, 0) is 24.3 Å². The maximum Gasteiger partial charge on any atom is 0.280 e. The van der Waals surface area contributed by atoms with Crippen LogP contribution in [0.4, 0.5) is 5.95 Å². The van der Waals surface area contributed by atoms with Crippen molar-refractivity contribution in [2.45, 2.75) is 70.1 Å². The molecule has 0 spiro atoms. The smallest absolute Gasteiger partial charge is 0.280 e. The van der Waals surface area contributed by atoms with Crippen LogP contribution in [0.1, 0.15) is 64.0 Å². The fourth-order valence-corrected chi connectivity index (χ4v) is 13.5. The van der Waals surface area contributed by atoms with Gasteiger partial charge < -0.3 is 23.4 Å². The van der Waals surface area contributed by atoms with Crippen LogP contribution in [-0.4, -0.2) is 66.8 Å². The zero-order valence-electron chi connectivity index (χ0n) is 37.3. The molecule has 5 aromatic carbocycles. The average Bonchev–Trinajstić information content (AvgIpc) is 3.93. The van der Waals surface area contributed by atoms with E-state index in [4.69, 9.17) is 28.4 Å². The van der Waals surface area contributed by atoms with E-state index >= 15 is 0 Å². The molecule has 13 heteroatoms. The number of amides is 1. The Morgan fingerprint density at radius 2 is 1.31 bits per heavy atom. The Morgan fingerprint density at radius 1 is 0.797 bits per heavy atom. The lowest BCUT2D eigenvalue weighted by molar-refractivity contribution is -0.118. The van der Waals surface area contributed by atoms with Gasteiger partial charge in [0, 0.05) is 12.3 Å². The molecule has 3 heterocycles. The molecule has 3 atom stereocenters. The summed E-state index contributed by atoms with van der Waals surface area (Å²) in [5, 5.41) is 4.64. The number of ether oxygens (including phenoxy) is 4. The maximum absolute atomic E-state index is 13.4. The van der Waals surface area contributed by atoms with Gasteiger partial charge in [-0.05, 0) is 56.4 Å². The quantitative estimate of drug-likeness (QED) is 0.0776. The molecule has 1 amide bonds. The third-order valence-corrected chi connectivity index (χ3v) is 17.1. The Balaban J connectivity index is 1.28. The van der Waals surface area contributed by atoms with Gasteiger partial charge in [0.15, 0.2) is 11.2 Å². The minimum Gasteiger partial charge on any atom is -0.497 e. The maximum atomic E-state index is 13.4. The van der Waals surface area contributed by atoms with Gasteiger partial charge >= 0.3 is 0 Å². The molecule has 0 unspecified atom stereocenters. The SMILES string of the molecule is COc1ccc(C(OC[C@H]2O[C@@H](n3cnc4c(=O)[nH]c(NC(=O)C(C)C)nc43)C[C@@H]2O[Si](c2ccccc2)(c2ccccc2)C(C)(C)C)(c2ccccc2)c2ccc(OC)cc2)cc1.